The highest BCUT2D eigenvalue weighted by atomic mass is 79.9. The molecule has 2 heterocycles. The summed E-state index contributed by atoms with van der Waals surface area (Å²) in [7, 11) is 0. The summed E-state index contributed by atoms with van der Waals surface area (Å²) >= 11 is 5.24. The van der Waals surface area contributed by atoms with Crippen LogP contribution < -0.4 is 5.32 Å². The largest absolute Gasteiger partial charge is 0.338 e. The third kappa shape index (κ3) is 5.89. The molecule has 1 fully saturated rings. The minimum absolute atomic E-state index is 0. The van der Waals surface area contributed by atoms with E-state index < -0.39 is 0 Å². The van der Waals surface area contributed by atoms with Crippen molar-refractivity contribution in [1.29, 1.82) is 0 Å². The van der Waals surface area contributed by atoms with Gasteiger partial charge in [0.15, 0.2) is 0 Å². The van der Waals surface area contributed by atoms with Crippen LogP contribution in [0.5, 0.6) is 0 Å². The zero-order valence-corrected chi connectivity index (χ0v) is 15.7. The molecule has 0 radical (unpaired) electrons. The van der Waals surface area contributed by atoms with Crippen molar-refractivity contribution in [2.24, 2.45) is 0 Å². The number of halogens is 2. The zero-order valence-electron chi connectivity index (χ0n) is 12.4. The average molecular weight is 396 g/mol. The van der Waals surface area contributed by atoms with E-state index in [0.29, 0.717) is 18.4 Å². The topological polar surface area (TPSA) is 32.3 Å². The molecular formula is C15H24BrClN2OS. The van der Waals surface area contributed by atoms with E-state index in [9.17, 15) is 4.79 Å². The van der Waals surface area contributed by atoms with Crippen molar-refractivity contribution in [3.05, 3.63) is 20.8 Å². The molecule has 0 aliphatic carbocycles. The first-order valence-electron chi connectivity index (χ1n) is 7.45. The maximum atomic E-state index is 12.4. The Morgan fingerprint density at radius 1 is 1.52 bits per heavy atom. The second-order valence-corrected chi connectivity index (χ2v) is 7.84. The molecule has 1 atom stereocenters. The van der Waals surface area contributed by atoms with Gasteiger partial charge in [0.25, 0.3) is 0 Å². The third-order valence-electron chi connectivity index (χ3n) is 3.70. The lowest BCUT2D eigenvalue weighted by Gasteiger charge is -2.28. The fourth-order valence-corrected chi connectivity index (χ4v) is 4.23. The van der Waals surface area contributed by atoms with E-state index in [4.69, 9.17) is 0 Å². The molecule has 1 N–H and O–H groups in total. The quantitative estimate of drug-likeness (QED) is 0.760. The standard InChI is InChI=1S/C15H23BrN2OS.ClH/c1-2-10-18(12-8-9-17-11-12)15(19)5-3-4-13-6-7-14(16)20-13;/h6-7,12,17H,2-5,8-11H2,1H3;1H. The lowest BCUT2D eigenvalue weighted by atomic mass is 10.1. The number of rotatable bonds is 7. The molecule has 0 saturated carbocycles. The van der Waals surface area contributed by atoms with Crippen molar-refractivity contribution in [1.82, 2.24) is 10.2 Å². The Bertz CT molecular complexity index is 435. The third-order valence-corrected chi connectivity index (χ3v) is 5.39. The molecule has 0 aromatic carbocycles. The fraction of sp³-hybridized carbons (Fsp3) is 0.667. The maximum Gasteiger partial charge on any atom is 0.222 e. The van der Waals surface area contributed by atoms with Gasteiger partial charge in [-0.15, -0.1) is 23.7 Å². The lowest BCUT2D eigenvalue weighted by molar-refractivity contribution is -0.133. The van der Waals surface area contributed by atoms with E-state index in [-0.39, 0.29) is 12.4 Å². The molecular weight excluding hydrogens is 372 g/mol. The highest BCUT2D eigenvalue weighted by molar-refractivity contribution is 9.11. The summed E-state index contributed by atoms with van der Waals surface area (Å²) in [6.07, 6.45) is 4.77. The summed E-state index contributed by atoms with van der Waals surface area (Å²) in [5, 5.41) is 3.35. The summed E-state index contributed by atoms with van der Waals surface area (Å²) in [5.74, 6) is 0.330. The van der Waals surface area contributed by atoms with Gasteiger partial charge in [-0.3, -0.25) is 4.79 Å². The van der Waals surface area contributed by atoms with Crippen molar-refractivity contribution in [2.75, 3.05) is 19.6 Å². The maximum absolute atomic E-state index is 12.4. The average Bonchev–Trinajstić information content (AvgIpc) is 3.07. The molecule has 6 heteroatoms. The van der Waals surface area contributed by atoms with Gasteiger partial charge in [-0.1, -0.05) is 6.92 Å². The summed E-state index contributed by atoms with van der Waals surface area (Å²) in [5.41, 5.74) is 0. The molecule has 120 valence electrons. The van der Waals surface area contributed by atoms with Crippen LogP contribution in [0.15, 0.2) is 15.9 Å². The summed E-state index contributed by atoms with van der Waals surface area (Å²) in [6, 6.07) is 4.64. The van der Waals surface area contributed by atoms with E-state index >= 15 is 0 Å². The molecule has 0 bridgehead atoms. The predicted octanol–water partition coefficient (Wildman–Crippen LogP) is 3.86. The van der Waals surface area contributed by atoms with Gasteiger partial charge in [0.05, 0.1) is 3.79 Å². The summed E-state index contributed by atoms with van der Waals surface area (Å²) in [4.78, 5) is 15.9. The van der Waals surface area contributed by atoms with Crippen molar-refractivity contribution in [3.8, 4) is 0 Å². The molecule has 1 aliphatic heterocycles. The normalized spacial score (nSPS) is 17.5. The number of aryl methyl sites for hydroxylation is 1. The van der Waals surface area contributed by atoms with Gasteiger partial charge in [0.1, 0.15) is 0 Å². The van der Waals surface area contributed by atoms with Crippen LogP contribution in [0.2, 0.25) is 0 Å². The number of hydrogen-bond donors (Lipinski definition) is 1. The second-order valence-electron chi connectivity index (χ2n) is 5.29. The first-order valence-corrected chi connectivity index (χ1v) is 9.06. The minimum Gasteiger partial charge on any atom is -0.338 e. The van der Waals surface area contributed by atoms with Gasteiger partial charge in [-0.2, -0.15) is 0 Å². The summed E-state index contributed by atoms with van der Waals surface area (Å²) < 4.78 is 1.17. The van der Waals surface area contributed by atoms with Gasteiger partial charge in [0.2, 0.25) is 5.91 Å². The zero-order chi connectivity index (χ0) is 14.4. The summed E-state index contributed by atoms with van der Waals surface area (Å²) in [6.45, 7) is 5.05. The molecule has 3 nitrogen and oxygen atoms in total. The predicted molar refractivity (Wildman–Crippen MR) is 95.5 cm³/mol. The van der Waals surface area contributed by atoms with Crippen LogP contribution in [-0.2, 0) is 11.2 Å². The van der Waals surface area contributed by atoms with E-state index in [1.807, 2.05) is 0 Å². The minimum atomic E-state index is 0. The van der Waals surface area contributed by atoms with E-state index in [0.717, 1.165) is 45.3 Å². The number of carbonyl (C=O) groups excluding carboxylic acids is 1. The van der Waals surface area contributed by atoms with Crippen molar-refractivity contribution >= 4 is 45.6 Å². The van der Waals surface area contributed by atoms with E-state index in [2.05, 4.69) is 45.2 Å². The molecule has 2 rings (SSSR count). The van der Waals surface area contributed by atoms with Gasteiger partial charge in [-0.25, -0.2) is 0 Å². The van der Waals surface area contributed by atoms with Crippen LogP contribution in [0.1, 0.15) is 37.5 Å². The Balaban J connectivity index is 0.00000220. The van der Waals surface area contributed by atoms with Crippen LogP contribution in [-0.4, -0.2) is 36.5 Å². The van der Waals surface area contributed by atoms with E-state index in [1.54, 1.807) is 11.3 Å². The number of amides is 1. The second kappa shape index (κ2) is 9.82. The monoisotopic (exact) mass is 394 g/mol. The molecule has 1 aromatic rings. The Morgan fingerprint density at radius 2 is 2.33 bits per heavy atom. The van der Waals surface area contributed by atoms with E-state index in [1.165, 1.54) is 8.66 Å². The van der Waals surface area contributed by atoms with Gasteiger partial charge in [-0.05, 0) is 60.3 Å². The van der Waals surface area contributed by atoms with Gasteiger partial charge in [0, 0.05) is 30.4 Å². The number of carbonyl (C=O) groups is 1. The first kappa shape index (κ1) is 18.9. The van der Waals surface area contributed by atoms with Crippen molar-refractivity contribution < 1.29 is 4.79 Å². The number of hydrogen-bond acceptors (Lipinski definition) is 3. The van der Waals surface area contributed by atoms with Gasteiger partial charge < -0.3 is 10.2 Å². The van der Waals surface area contributed by atoms with Crippen LogP contribution in [0, 0.1) is 0 Å². The number of nitrogens with zero attached hydrogens (tertiary/aromatic N) is 1. The van der Waals surface area contributed by atoms with Crippen LogP contribution >= 0.6 is 39.7 Å². The Hall–Kier alpha value is -0.100. The van der Waals surface area contributed by atoms with Crippen molar-refractivity contribution in [3.63, 3.8) is 0 Å². The highest BCUT2D eigenvalue weighted by Gasteiger charge is 2.25. The lowest BCUT2D eigenvalue weighted by Crippen LogP contribution is -2.42. The fourth-order valence-electron chi connectivity index (χ4n) is 2.70. The molecule has 0 spiro atoms. The van der Waals surface area contributed by atoms with Crippen LogP contribution in [0.3, 0.4) is 0 Å². The highest BCUT2D eigenvalue weighted by Crippen LogP contribution is 2.23. The Morgan fingerprint density at radius 3 is 2.90 bits per heavy atom. The number of thiophene rings is 1. The first-order chi connectivity index (χ1) is 9.70. The molecule has 21 heavy (non-hydrogen) atoms. The Kier molecular flexibility index (Phi) is 8.86. The smallest absolute Gasteiger partial charge is 0.222 e. The molecule has 1 aromatic heterocycles. The van der Waals surface area contributed by atoms with Gasteiger partial charge >= 0.3 is 0 Å². The number of nitrogens with one attached hydrogen (secondary N) is 1. The molecule has 1 saturated heterocycles. The molecule has 1 unspecified atom stereocenters. The van der Waals surface area contributed by atoms with Crippen LogP contribution in [0.4, 0.5) is 0 Å². The molecule has 1 amide bonds. The SMILES string of the molecule is CCCN(C(=O)CCCc1ccc(Br)s1)C1CCNC1.Cl. The van der Waals surface area contributed by atoms with Crippen molar-refractivity contribution in [2.45, 2.75) is 45.1 Å². The molecule has 1 aliphatic rings. The van der Waals surface area contributed by atoms with Crippen LogP contribution in [0.25, 0.3) is 0 Å². The Labute approximate surface area is 146 Å².